The molecule has 1 aliphatic heterocycles. The van der Waals surface area contributed by atoms with Crippen molar-refractivity contribution in [2.75, 3.05) is 31.1 Å². The number of aromatic hydroxyl groups is 1. The standard InChI is InChI=1S/C17H26N4O2S/c1-2-18-17(21-13-6-5-11-24-12-13)20-10-9-19-16(23)14-7-3-4-8-15(14)22/h3-4,7-8,13,22H,2,5-6,9-12H2,1H3,(H,19,23)(H2,18,20,21). The lowest BCUT2D eigenvalue weighted by Crippen LogP contribution is -2.45. The van der Waals surface area contributed by atoms with Crippen molar-refractivity contribution in [2.24, 2.45) is 4.99 Å². The van der Waals surface area contributed by atoms with E-state index < -0.39 is 0 Å². The highest BCUT2D eigenvalue weighted by molar-refractivity contribution is 7.99. The van der Waals surface area contributed by atoms with Gasteiger partial charge in [0, 0.05) is 24.9 Å². The Hall–Kier alpha value is -1.89. The van der Waals surface area contributed by atoms with Crippen LogP contribution in [0.3, 0.4) is 0 Å². The van der Waals surface area contributed by atoms with Crippen LogP contribution in [0.4, 0.5) is 0 Å². The van der Waals surface area contributed by atoms with Gasteiger partial charge >= 0.3 is 0 Å². The van der Waals surface area contributed by atoms with Crippen molar-refractivity contribution in [3.05, 3.63) is 29.8 Å². The van der Waals surface area contributed by atoms with Gasteiger partial charge in [0.15, 0.2) is 5.96 Å². The molecular weight excluding hydrogens is 324 g/mol. The summed E-state index contributed by atoms with van der Waals surface area (Å²) in [5, 5.41) is 19.1. The Morgan fingerprint density at radius 1 is 1.38 bits per heavy atom. The topological polar surface area (TPSA) is 85.8 Å². The monoisotopic (exact) mass is 350 g/mol. The van der Waals surface area contributed by atoms with Gasteiger partial charge in [0.2, 0.25) is 0 Å². The number of carbonyl (C=O) groups is 1. The first-order valence-corrected chi connectivity index (χ1v) is 9.55. The molecule has 1 fully saturated rings. The maximum Gasteiger partial charge on any atom is 0.255 e. The van der Waals surface area contributed by atoms with E-state index in [9.17, 15) is 9.90 Å². The second kappa shape index (κ2) is 10.1. The fraction of sp³-hybridized carbons (Fsp3) is 0.529. The van der Waals surface area contributed by atoms with Crippen LogP contribution in [0.15, 0.2) is 29.3 Å². The summed E-state index contributed by atoms with van der Waals surface area (Å²) in [5.41, 5.74) is 0.283. The lowest BCUT2D eigenvalue weighted by molar-refractivity contribution is 0.0952. The molecule has 24 heavy (non-hydrogen) atoms. The van der Waals surface area contributed by atoms with Crippen LogP contribution in [-0.2, 0) is 0 Å². The molecule has 0 spiro atoms. The zero-order valence-electron chi connectivity index (χ0n) is 14.0. The Labute approximate surface area is 147 Å². The summed E-state index contributed by atoms with van der Waals surface area (Å²) in [6.45, 7) is 3.74. The van der Waals surface area contributed by atoms with Gasteiger partial charge in [-0.3, -0.25) is 9.79 Å². The van der Waals surface area contributed by atoms with Gasteiger partial charge in [-0.05, 0) is 37.7 Å². The normalized spacial score (nSPS) is 18.0. The van der Waals surface area contributed by atoms with E-state index in [4.69, 9.17) is 0 Å². The van der Waals surface area contributed by atoms with E-state index in [0.717, 1.165) is 18.3 Å². The first kappa shape index (κ1) is 18.4. The molecule has 1 amide bonds. The summed E-state index contributed by atoms with van der Waals surface area (Å²) in [6, 6.07) is 6.97. The minimum Gasteiger partial charge on any atom is -0.507 e. The van der Waals surface area contributed by atoms with Crippen LogP contribution < -0.4 is 16.0 Å². The number of amides is 1. The van der Waals surface area contributed by atoms with Crippen LogP contribution >= 0.6 is 11.8 Å². The van der Waals surface area contributed by atoms with E-state index in [1.165, 1.54) is 24.7 Å². The number of carbonyl (C=O) groups excluding carboxylic acids is 1. The average molecular weight is 350 g/mol. The molecule has 1 saturated heterocycles. The van der Waals surface area contributed by atoms with Crippen LogP contribution in [0, 0.1) is 0 Å². The Balaban J connectivity index is 1.79. The number of nitrogens with one attached hydrogen (secondary N) is 3. The number of benzene rings is 1. The lowest BCUT2D eigenvalue weighted by atomic mass is 10.2. The van der Waals surface area contributed by atoms with Crippen molar-refractivity contribution in [2.45, 2.75) is 25.8 Å². The van der Waals surface area contributed by atoms with Crippen LogP contribution in [0.5, 0.6) is 5.75 Å². The summed E-state index contributed by atoms with van der Waals surface area (Å²) in [4.78, 5) is 16.5. The molecule has 0 saturated carbocycles. The van der Waals surface area contributed by atoms with Crippen molar-refractivity contribution in [1.29, 1.82) is 0 Å². The molecule has 1 atom stereocenters. The Morgan fingerprint density at radius 2 is 2.21 bits per heavy atom. The molecule has 1 heterocycles. The second-order valence-electron chi connectivity index (χ2n) is 5.59. The van der Waals surface area contributed by atoms with Crippen molar-refractivity contribution < 1.29 is 9.90 Å². The molecule has 0 radical (unpaired) electrons. The molecule has 7 heteroatoms. The second-order valence-corrected chi connectivity index (χ2v) is 6.74. The highest BCUT2D eigenvalue weighted by Gasteiger charge is 2.14. The van der Waals surface area contributed by atoms with Crippen molar-refractivity contribution in [3.8, 4) is 5.75 Å². The first-order valence-electron chi connectivity index (χ1n) is 8.39. The molecule has 1 aromatic rings. The van der Waals surface area contributed by atoms with Crippen molar-refractivity contribution in [1.82, 2.24) is 16.0 Å². The average Bonchev–Trinajstić information content (AvgIpc) is 2.60. The number of para-hydroxylation sites is 1. The largest absolute Gasteiger partial charge is 0.507 e. The molecule has 132 valence electrons. The van der Waals surface area contributed by atoms with Crippen LogP contribution in [0.25, 0.3) is 0 Å². The van der Waals surface area contributed by atoms with E-state index in [0.29, 0.717) is 19.1 Å². The maximum absolute atomic E-state index is 12.0. The Kier molecular flexibility index (Phi) is 7.74. The molecule has 4 N–H and O–H groups in total. The summed E-state index contributed by atoms with van der Waals surface area (Å²) >= 11 is 1.97. The van der Waals surface area contributed by atoms with Crippen LogP contribution in [-0.4, -0.2) is 54.2 Å². The van der Waals surface area contributed by atoms with Gasteiger partial charge in [0.25, 0.3) is 5.91 Å². The van der Waals surface area contributed by atoms with Crippen molar-refractivity contribution >= 4 is 23.6 Å². The molecule has 1 unspecified atom stereocenters. The quantitative estimate of drug-likeness (QED) is 0.355. The van der Waals surface area contributed by atoms with E-state index >= 15 is 0 Å². The number of thioether (sulfide) groups is 1. The predicted octanol–water partition coefficient (Wildman–Crippen LogP) is 1.57. The minimum absolute atomic E-state index is 0.0108. The van der Waals surface area contributed by atoms with Gasteiger partial charge in [-0.1, -0.05) is 12.1 Å². The van der Waals surface area contributed by atoms with Gasteiger partial charge in [-0.15, -0.1) is 0 Å². The Morgan fingerprint density at radius 3 is 2.92 bits per heavy atom. The summed E-state index contributed by atoms with van der Waals surface area (Å²) in [5.74, 6) is 2.84. The number of guanidine groups is 1. The number of phenols is 1. The predicted molar refractivity (Wildman–Crippen MR) is 99.9 cm³/mol. The number of rotatable bonds is 6. The number of hydrogen-bond acceptors (Lipinski definition) is 4. The summed E-state index contributed by atoms with van der Waals surface area (Å²) in [7, 11) is 0. The van der Waals surface area contributed by atoms with E-state index in [-0.39, 0.29) is 17.2 Å². The molecule has 0 aliphatic carbocycles. The zero-order chi connectivity index (χ0) is 17.2. The minimum atomic E-state index is -0.287. The van der Waals surface area contributed by atoms with Gasteiger partial charge in [-0.2, -0.15) is 11.8 Å². The fourth-order valence-corrected chi connectivity index (χ4v) is 3.54. The highest BCUT2D eigenvalue weighted by Crippen LogP contribution is 2.16. The first-order chi connectivity index (χ1) is 11.7. The zero-order valence-corrected chi connectivity index (χ0v) is 14.9. The smallest absolute Gasteiger partial charge is 0.255 e. The van der Waals surface area contributed by atoms with E-state index in [1.807, 2.05) is 18.7 Å². The van der Waals surface area contributed by atoms with E-state index in [1.54, 1.807) is 18.2 Å². The lowest BCUT2D eigenvalue weighted by Gasteiger charge is -2.24. The fourth-order valence-electron chi connectivity index (χ4n) is 2.47. The summed E-state index contributed by atoms with van der Waals surface area (Å²) < 4.78 is 0. The van der Waals surface area contributed by atoms with Crippen LogP contribution in [0.1, 0.15) is 30.1 Å². The molecule has 1 aromatic carbocycles. The number of nitrogens with zero attached hydrogens (tertiary/aromatic N) is 1. The third-order valence-electron chi connectivity index (χ3n) is 3.66. The third-order valence-corrected chi connectivity index (χ3v) is 4.88. The van der Waals surface area contributed by atoms with Gasteiger partial charge in [0.05, 0.1) is 12.1 Å². The number of phenolic OH excluding ortho intramolecular Hbond substituents is 1. The summed E-state index contributed by atoms with van der Waals surface area (Å²) in [6.07, 6.45) is 2.40. The third kappa shape index (κ3) is 5.96. The molecule has 1 aliphatic rings. The van der Waals surface area contributed by atoms with Crippen LogP contribution in [0.2, 0.25) is 0 Å². The maximum atomic E-state index is 12.0. The number of aliphatic imine (C=N–C) groups is 1. The molecule has 2 rings (SSSR count). The van der Waals surface area contributed by atoms with Gasteiger partial charge < -0.3 is 21.1 Å². The number of hydrogen-bond donors (Lipinski definition) is 4. The molecule has 0 aromatic heterocycles. The van der Waals surface area contributed by atoms with Gasteiger partial charge in [-0.25, -0.2) is 0 Å². The van der Waals surface area contributed by atoms with Crippen molar-refractivity contribution in [3.63, 3.8) is 0 Å². The molecule has 6 nitrogen and oxygen atoms in total. The molecular formula is C17H26N4O2S. The SMILES string of the molecule is CCNC(=NCCNC(=O)c1ccccc1O)NC1CCCSC1. The van der Waals surface area contributed by atoms with E-state index in [2.05, 4.69) is 20.9 Å². The van der Waals surface area contributed by atoms with Gasteiger partial charge in [0.1, 0.15) is 5.75 Å². The Bertz CT molecular complexity index is 559. The highest BCUT2D eigenvalue weighted by atomic mass is 32.2. The molecule has 0 bridgehead atoms.